The van der Waals surface area contributed by atoms with Crippen molar-refractivity contribution in [1.82, 2.24) is 0 Å². The van der Waals surface area contributed by atoms with Crippen LogP contribution in [0.2, 0.25) is 0 Å². The number of nitrogens with zero attached hydrogens (tertiary/aromatic N) is 1. The third-order valence-corrected chi connectivity index (χ3v) is 5.31. The number of rotatable bonds is 7. The summed E-state index contributed by atoms with van der Waals surface area (Å²) in [5.41, 5.74) is 1.27. The van der Waals surface area contributed by atoms with Crippen molar-refractivity contribution >= 4 is 34.5 Å². The SMILES string of the molecule is O=C(Nc1ccc2c(c1)N(CCCOc1ccccc1)C(=O)CO2)c1cccs1. The van der Waals surface area contributed by atoms with Gasteiger partial charge in [0.25, 0.3) is 11.8 Å². The first-order chi connectivity index (χ1) is 14.2. The lowest BCUT2D eigenvalue weighted by Gasteiger charge is -2.29. The minimum absolute atomic E-state index is 0.00738. The Balaban J connectivity index is 1.42. The van der Waals surface area contributed by atoms with Gasteiger partial charge in [-0.3, -0.25) is 9.59 Å². The Bertz CT molecular complexity index is 989. The lowest BCUT2D eigenvalue weighted by atomic mass is 10.2. The van der Waals surface area contributed by atoms with Gasteiger partial charge in [0.2, 0.25) is 0 Å². The Kier molecular flexibility index (Phi) is 5.76. The summed E-state index contributed by atoms with van der Waals surface area (Å²) >= 11 is 1.38. The number of anilines is 2. The van der Waals surface area contributed by atoms with Crippen LogP contribution in [0.3, 0.4) is 0 Å². The third kappa shape index (κ3) is 4.57. The Hall–Kier alpha value is -3.32. The van der Waals surface area contributed by atoms with Gasteiger partial charge in [0, 0.05) is 12.2 Å². The average Bonchev–Trinajstić information content (AvgIpc) is 3.28. The number of fused-ring (bicyclic) bond motifs is 1. The number of carbonyl (C=O) groups is 2. The molecule has 3 aromatic rings. The van der Waals surface area contributed by atoms with Crippen molar-refractivity contribution in [3.8, 4) is 11.5 Å². The Labute approximate surface area is 172 Å². The van der Waals surface area contributed by atoms with E-state index in [9.17, 15) is 9.59 Å². The van der Waals surface area contributed by atoms with E-state index in [-0.39, 0.29) is 18.4 Å². The van der Waals surface area contributed by atoms with Crippen molar-refractivity contribution in [3.05, 3.63) is 70.9 Å². The topological polar surface area (TPSA) is 67.9 Å². The quantitative estimate of drug-likeness (QED) is 0.595. The first-order valence-corrected chi connectivity index (χ1v) is 10.2. The maximum Gasteiger partial charge on any atom is 0.265 e. The standard InChI is InChI=1S/C22H20N2O4S/c25-21-15-28-19-10-9-16(23-22(26)20-8-4-13-29-20)14-18(19)24(21)11-5-12-27-17-6-2-1-3-7-17/h1-4,6-10,13-14H,5,11-12,15H2,(H,23,26). The molecule has 1 N–H and O–H groups in total. The van der Waals surface area contributed by atoms with E-state index >= 15 is 0 Å². The summed E-state index contributed by atoms with van der Waals surface area (Å²) < 4.78 is 11.3. The monoisotopic (exact) mass is 408 g/mol. The average molecular weight is 408 g/mol. The zero-order valence-electron chi connectivity index (χ0n) is 15.7. The molecule has 2 heterocycles. The molecule has 4 rings (SSSR count). The molecule has 0 spiro atoms. The second-order valence-electron chi connectivity index (χ2n) is 6.46. The van der Waals surface area contributed by atoms with Crippen molar-refractivity contribution in [2.24, 2.45) is 0 Å². The van der Waals surface area contributed by atoms with Gasteiger partial charge >= 0.3 is 0 Å². The highest BCUT2D eigenvalue weighted by atomic mass is 32.1. The van der Waals surface area contributed by atoms with E-state index in [2.05, 4.69) is 5.32 Å². The number of nitrogens with one attached hydrogen (secondary N) is 1. The molecule has 0 bridgehead atoms. The fourth-order valence-corrected chi connectivity index (χ4v) is 3.67. The first-order valence-electron chi connectivity index (χ1n) is 9.30. The zero-order chi connectivity index (χ0) is 20.1. The van der Waals surface area contributed by atoms with E-state index in [0.29, 0.717) is 41.6 Å². The van der Waals surface area contributed by atoms with Crippen LogP contribution >= 0.6 is 11.3 Å². The van der Waals surface area contributed by atoms with E-state index < -0.39 is 0 Å². The molecule has 1 aliphatic heterocycles. The summed E-state index contributed by atoms with van der Waals surface area (Å²) in [6.45, 7) is 1.01. The molecule has 29 heavy (non-hydrogen) atoms. The van der Waals surface area contributed by atoms with Crippen molar-refractivity contribution in [2.75, 3.05) is 30.0 Å². The van der Waals surface area contributed by atoms with Gasteiger partial charge in [0.15, 0.2) is 6.61 Å². The molecule has 1 aliphatic rings. The smallest absolute Gasteiger partial charge is 0.265 e. The van der Waals surface area contributed by atoms with E-state index in [4.69, 9.17) is 9.47 Å². The van der Waals surface area contributed by atoms with Crippen LogP contribution in [0.4, 0.5) is 11.4 Å². The summed E-state index contributed by atoms with van der Waals surface area (Å²) in [5, 5.41) is 4.73. The maximum atomic E-state index is 12.4. The first kappa shape index (κ1) is 19.0. The molecule has 0 radical (unpaired) electrons. The van der Waals surface area contributed by atoms with Crippen LogP contribution in [-0.2, 0) is 4.79 Å². The van der Waals surface area contributed by atoms with Gasteiger partial charge in [0.05, 0.1) is 17.2 Å². The largest absolute Gasteiger partial charge is 0.494 e. The van der Waals surface area contributed by atoms with Crippen LogP contribution in [-0.4, -0.2) is 31.6 Å². The Morgan fingerprint density at radius 1 is 1.14 bits per heavy atom. The Morgan fingerprint density at radius 3 is 2.79 bits per heavy atom. The normalized spacial score (nSPS) is 12.8. The molecular formula is C22H20N2O4S. The molecule has 0 aliphatic carbocycles. The number of amides is 2. The van der Waals surface area contributed by atoms with E-state index in [1.165, 1.54) is 11.3 Å². The minimum Gasteiger partial charge on any atom is -0.494 e. The second-order valence-corrected chi connectivity index (χ2v) is 7.41. The number of thiophene rings is 1. The van der Waals surface area contributed by atoms with Crippen LogP contribution < -0.4 is 19.7 Å². The van der Waals surface area contributed by atoms with Crippen molar-refractivity contribution in [2.45, 2.75) is 6.42 Å². The van der Waals surface area contributed by atoms with Crippen LogP contribution in [0.1, 0.15) is 16.1 Å². The number of ether oxygens (including phenoxy) is 2. The molecule has 148 valence electrons. The van der Waals surface area contributed by atoms with Crippen LogP contribution in [0, 0.1) is 0 Å². The van der Waals surface area contributed by atoms with Gasteiger partial charge in [0.1, 0.15) is 11.5 Å². The van der Waals surface area contributed by atoms with Gasteiger partial charge in [-0.1, -0.05) is 24.3 Å². The van der Waals surface area contributed by atoms with Gasteiger partial charge in [-0.2, -0.15) is 0 Å². The predicted octanol–water partition coefficient (Wildman–Crippen LogP) is 4.19. The summed E-state index contributed by atoms with van der Waals surface area (Å²) in [6, 6.07) is 18.5. The van der Waals surface area contributed by atoms with E-state index in [1.54, 1.807) is 29.2 Å². The van der Waals surface area contributed by atoms with Crippen molar-refractivity contribution in [1.29, 1.82) is 0 Å². The summed E-state index contributed by atoms with van der Waals surface area (Å²) in [5.74, 6) is 1.15. The number of para-hydroxylation sites is 1. The summed E-state index contributed by atoms with van der Waals surface area (Å²) in [4.78, 5) is 27.0. The number of hydrogen-bond donors (Lipinski definition) is 1. The molecule has 6 nitrogen and oxygen atoms in total. The molecule has 2 aromatic carbocycles. The molecule has 0 saturated carbocycles. The highest BCUT2D eigenvalue weighted by Gasteiger charge is 2.25. The highest BCUT2D eigenvalue weighted by molar-refractivity contribution is 7.12. The zero-order valence-corrected chi connectivity index (χ0v) is 16.5. The van der Waals surface area contributed by atoms with Crippen LogP contribution in [0.5, 0.6) is 11.5 Å². The van der Waals surface area contributed by atoms with E-state index in [0.717, 1.165) is 5.75 Å². The molecule has 0 unspecified atom stereocenters. The lowest BCUT2D eigenvalue weighted by Crippen LogP contribution is -2.39. The molecule has 0 fully saturated rings. The predicted molar refractivity (Wildman–Crippen MR) is 113 cm³/mol. The molecular weight excluding hydrogens is 388 g/mol. The van der Waals surface area contributed by atoms with Crippen LogP contribution in [0.15, 0.2) is 66.0 Å². The minimum atomic E-state index is -0.175. The fraction of sp³-hybridized carbons (Fsp3) is 0.182. The third-order valence-electron chi connectivity index (χ3n) is 4.44. The lowest BCUT2D eigenvalue weighted by molar-refractivity contribution is -0.121. The summed E-state index contributed by atoms with van der Waals surface area (Å²) in [6.07, 6.45) is 0.672. The number of carbonyl (C=O) groups excluding carboxylic acids is 2. The molecule has 1 aromatic heterocycles. The second kappa shape index (κ2) is 8.79. The summed E-state index contributed by atoms with van der Waals surface area (Å²) in [7, 11) is 0. The fourth-order valence-electron chi connectivity index (χ4n) is 3.05. The molecule has 0 atom stereocenters. The van der Waals surface area contributed by atoms with Gasteiger partial charge in [-0.15, -0.1) is 11.3 Å². The Morgan fingerprint density at radius 2 is 2.00 bits per heavy atom. The molecule has 2 amide bonds. The van der Waals surface area contributed by atoms with Crippen molar-refractivity contribution in [3.63, 3.8) is 0 Å². The number of hydrogen-bond acceptors (Lipinski definition) is 5. The number of benzene rings is 2. The maximum absolute atomic E-state index is 12.4. The van der Waals surface area contributed by atoms with E-state index in [1.807, 2.05) is 41.8 Å². The highest BCUT2D eigenvalue weighted by Crippen LogP contribution is 2.35. The van der Waals surface area contributed by atoms with Crippen molar-refractivity contribution < 1.29 is 19.1 Å². The van der Waals surface area contributed by atoms with Gasteiger partial charge in [-0.25, -0.2) is 0 Å². The molecule has 7 heteroatoms. The van der Waals surface area contributed by atoms with Crippen LogP contribution in [0.25, 0.3) is 0 Å². The van der Waals surface area contributed by atoms with Gasteiger partial charge in [-0.05, 0) is 48.2 Å². The molecule has 0 saturated heterocycles. The van der Waals surface area contributed by atoms with Gasteiger partial charge < -0.3 is 19.7 Å².